The Hall–Kier alpha value is -0.120. The lowest BCUT2D eigenvalue weighted by Gasteiger charge is -2.31. The molecule has 1 N–H and O–H groups in total. The third-order valence-corrected chi connectivity index (χ3v) is 2.52. The summed E-state index contributed by atoms with van der Waals surface area (Å²) in [5, 5.41) is 10.1. The summed E-state index contributed by atoms with van der Waals surface area (Å²) in [6.07, 6.45) is 2.72. The van der Waals surface area contributed by atoms with E-state index >= 15 is 0 Å². The maximum Gasteiger partial charge on any atom is 0.114 e. The number of hydrogen-bond donors (Lipinski definition) is 1. The minimum Gasteiger partial charge on any atom is -0.385 e. The van der Waals surface area contributed by atoms with Gasteiger partial charge in [-0.05, 0) is 26.2 Å². The van der Waals surface area contributed by atoms with E-state index in [0.717, 1.165) is 25.9 Å². The zero-order chi connectivity index (χ0) is 9.03. The van der Waals surface area contributed by atoms with E-state index in [0.29, 0.717) is 6.61 Å². The molecule has 0 aliphatic carbocycles. The van der Waals surface area contributed by atoms with Gasteiger partial charge in [-0.25, -0.2) is 0 Å². The Labute approximate surface area is 73.7 Å². The van der Waals surface area contributed by atoms with Crippen LogP contribution in [0.1, 0.15) is 26.2 Å². The molecule has 0 spiro atoms. The molecule has 1 fully saturated rings. The number of ether oxygens (including phenoxy) is 2. The van der Waals surface area contributed by atoms with Crippen molar-refractivity contribution in [1.29, 1.82) is 0 Å². The van der Waals surface area contributed by atoms with Gasteiger partial charge in [-0.1, -0.05) is 0 Å². The van der Waals surface area contributed by atoms with Crippen molar-refractivity contribution in [3.63, 3.8) is 0 Å². The lowest BCUT2D eigenvalue weighted by atomic mass is 9.93. The lowest BCUT2D eigenvalue weighted by Crippen LogP contribution is -2.45. The van der Waals surface area contributed by atoms with Crippen LogP contribution < -0.4 is 0 Å². The Morgan fingerprint density at radius 3 is 3.00 bits per heavy atom. The van der Waals surface area contributed by atoms with E-state index in [1.54, 1.807) is 7.11 Å². The van der Waals surface area contributed by atoms with Crippen LogP contribution in [0, 0.1) is 0 Å². The summed E-state index contributed by atoms with van der Waals surface area (Å²) < 4.78 is 10.4. The van der Waals surface area contributed by atoms with Crippen LogP contribution in [0.2, 0.25) is 0 Å². The van der Waals surface area contributed by atoms with Crippen LogP contribution in [0.25, 0.3) is 0 Å². The first-order valence-corrected chi connectivity index (χ1v) is 4.52. The zero-order valence-corrected chi connectivity index (χ0v) is 7.88. The van der Waals surface area contributed by atoms with Crippen molar-refractivity contribution in [3.8, 4) is 0 Å². The van der Waals surface area contributed by atoms with Gasteiger partial charge in [0.2, 0.25) is 0 Å². The molecule has 72 valence electrons. The van der Waals surface area contributed by atoms with Gasteiger partial charge in [0.1, 0.15) is 5.60 Å². The molecule has 0 amide bonds. The fourth-order valence-electron chi connectivity index (χ4n) is 1.59. The highest BCUT2D eigenvalue weighted by molar-refractivity contribution is 4.86. The summed E-state index contributed by atoms with van der Waals surface area (Å²) >= 11 is 0. The fourth-order valence-corrected chi connectivity index (χ4v) is 1.59. The van der Waals surface area contributed by atoms with E-state index in [4.69, 9.17) is 9.47 Å². The molecule has 3 nitrogen and oxygen atoms in total. The number of methoxy groups -OCH3 is 1. The fraction of sp³-hybridized carbons (Fsp3) is 1.00. The topological polar surface area (TPSA) is 38.7 Å². The summed E-state index contributed by atoms with van der Waals surface area (Å²) in [5.41, 5.74) is -0.773. The minimum absolute atomic E-state index is 0.111. The Morgan fingerprint density at radius 1 is 1.58 bits per heavy atom. The molecule has 12 heavy (non-hydrogen) atoms. The van der Waals surface area contributed by atoms with Crippen molar-refractivity contribution in [3.05, 3.63) is 0 Å². The van der Waals surface area contributed by atoms with Gasteiger partial charge in [0.05, 0.1) is 12.7 Å². The Morgan fingerprint density at radius 2 is 2.33 bits per heavy atom. The smallest absolute Gasteiger partial charge is 0.114 e. The van der Waals surface area contributed by atoms with Gasteiger partial charge in [0, 0.05) is 13.7 Å². The van der Waals surface area contributed by atoms with E-state index in [9.17, 15) is 5.11 Å². The summed E-state index contributed by atoms with van der Waals surface area (Å²) in [7, 11) is 1.61. The highest BCUT2D eigenvalue weighted by Gasteiger charge is 2.35. The first kappa shape index (κ1) is 9.96. The molecular formula is C9H18O3. The van der Waals surface area contributed by atoms with Crippen molar-refractivity contribution in [2.75, 3.05) is 20.3 Å². The first-order chi connectivity index (χ1) is 5.69. The first-order valence-electron chi connectivity index (χ1n) is 4.52. The maximum atomic E-state index is 10.1. The average Bonchev–Trinajstić information content (AvgIpc) is 2.17. The van der Waals surface area contributed by atoms with Gasteiger partial charge >= 0.3 is 0 Å². The van der Waals surface area contributed by atoms with E-state index in [2.05, 4.69) is 0 Å². The maximum absolute atomic E-state index is 10.1. The summed E-state index contributed by atoms with van der Waals surface area (Å²) in [5.74, 6) is 0. The molecule has 2 atom stereocenters. The molecule has 1 saturated heterocycles. The van der Waals surface area contributed by atoms with Crippen molar-refractivity contribution in [1.82, 2.24) is 0 Å². The molecule has 1 aliphatic rings. The van der Waals surface area contributed by atoms with Crippen LogP contribution in [0.5, 0.6) is 0 Å². The highest BCUT2D eigenvalue weighted by atomic mass is 16.5. The van der Waals surface area contributed by atoms with Gasteiger partial charge in [-0.2, -0.15) is 0 Å². The zero-order valence-electron chi connectivity index (χ0n) is 7.88. The van der Waals surface area contributed by atoms with Crippen molar-refractivity contribution < 1.29 is 14.6 Å². The second-order valence-electron chi connectivity index (χ2n) is 3.51. The third-order valence-electron chi connectivity index (χ3n) is 2.52. The van der Waals surface area contributed by atoms with Gasteiger partial charge in [0.25, 0.3) is 0 Å². The Balaban J connectivity index is 2.55. The molecule has 1 heterocycles. The quantitative estimate of drug-likeness (QED) is 0.677. The van der Waals surface area contributed by atoms with Crippen LogP contribution in [-0.4, -0.2) is 37.1 Å². The van der Waals surface area contributed by atoms with Crippen LogP contribution in [-0.2, 0) is 9.47 Å². The SMILES string of the molecule is COC[C@]1(O)CCCCO[C@H]1C. The number of rotatable bonds is 2. The van der Waals surface area contributed by atoms with Crippen LogP contribution in [0.4, 0.5) is 0 Å². The van der Waals surface area contributed by atoms with Gasteiger partial charge in [-0.3, -0.25) is 0 Å². The molecule has 0 unspecified atom stereocenters. The monoisotopic (exact) mass is 174 g/mol. The molecule has 3 heteroatoms. The Kier molecular flexibility index (Phi) is 3.50. The highest BCUT2D eigenvalue weighted by Crippen LogP contribution is 2.24. The largest absolute Gasteiger partial charge is 0.385 e. The van der Waals surface area contributed by atoms with E-state index in [1.165, 1.54) is 0 Å². The van der Waals surface area contributed by atoms with Gasteiger partial charge in [0.15, 0.2) is 0 Å². The second-order valence-corrected chi connectivity index (χ2v) is 3.51. The standard InChI is InChI=1S/C9H18O3/c1-8-9(10,7-11-2)5-3-4-6-12-8/h8,10H,3-7H2,1-2H3/t8-,9+/m0/s1. The molecule has 0 saturated carbocycles. The molecule has 0 bridgehead atoms. The third kappa shape index (κ3) is 2.19. The summed E-state index contributed by atoms with van der Waals surface area (Å²) in [6.45, 7) is 3.03. The number of hydrogen-bond acceptors (Lipinski definition) is 3. The van der Waals surface area contributed by atoms with Crippen molar-refractivity contribution in [2.45, 2.75) is 37.9 Å². The van der Waals surface area contributed by atoms with E-state index < -0.39 is 5.60 Å². The van der Waals surface area contributed by atoms with Crippen LogP contribution in [0.15, 0.2) is 0 Å². The van der Waals surface area contributed by atoms with Crippen LogP contribution in [0.3, 0.4) is 0 Å². The van der Waals surface area contributed by atoms with E-state index in [-0.39, 0.29) is 6.10 Å². The molecule has 1 rings (SSSR count). The van der Waals surface area contributed by atoms with Crippen LogP contribution >= 0.6 is 0 Å². The molecule has 1 aliphatic heterocycles. The summed E-state index contributed by atoms with van der Waals surface area (Å²) in [6, 6.07) is 0. The average molecular weight is 174 g/mol. The van der Waals surface area contributed by atoms with E-state index in [1.807, 2.05) is 6.92 Å². The minimum atomic E-state index is -0.773. The predicted octanol–water partition coefficient (Wildman–Crippen LogP) is 0.953. The molecule has 0 aromatic rings. The molecule has 0 aromatic heterocycles. The second kappa shape index (κ2) is 4.21. The van der Waals surface area contributed by atoms with Crippen molar-refractivity contribution in [2.24, 2.45) is 0 Å². The number of aliphatic hydroxyl groups is 1. The molecule has 0 radical (unpaired) electrons. The van der Waals surface area contributed by atoms with Gasteiger partial charge < -0.3 is 14.6 Å². The van der Waals surface area contributed by atoms with Crippen molar-refractivity contribution >= 4 is 0 Å². The Bertz CT molecular complexity index is 138. The molecular weight excluding hydrogens is 156 g/mol. The summed E-state index contributed by atoms with van der Waals surface area (Å²) in [4.78, 5) is 0. The lowest BCUT2D eigenvalue weighted by molar-refractivity contribution is -0.123. The van der Waals surface area contributed by atoms with Gasteiger partial charge in [-0.15, -0.1) is 0 Å². The predicted molar refractivity (Wildman–Crippen MR) is 46.1 cm³/mol. The molecule has 0 aromatic carbocycles. The normalized spacial score (nSPS) is 37.8.